The number of nitrogens with one attached hydrogen (secondary N) is 2. The number of urea groups is 1. The van der Waals surface area contributed by atoms with Crippen molar-refractivity contribution < 1.29 is 18.7 Å². The first-order chi connectivity index (χ1) is 10.5. The first kappa shape index (κ1) is 16.7. The monoisotopic (exact) mass is 312 g/mol. The van der Waals surface area contributed by atoms with E-state index in [1.165, 1.54) is 6.07 Å². The van der Waals surface area contributed by atoms with E-state index in [0.717, 1.165) is 37.8 Å². The van der Waals surface area contributed by atoms with Crippen LogP contribution >= 0.6 is 0 Å². The number of rotatable bonds is 4. The summed E-state index contributed by atoms with van der Waals surface area (Å²) in [4.78, 5) is 11.8. The van der Waals surface area contributed by atoms with Gasteiger partial charge in [0.15, 0.2) is 0 Å². The van der Waals surface area contributed by atoms with Crippen molar-refractivity contribution in [1.82, 2.24) is 10.6 Å². The molecule has 0 aromatic heterocycles. The molecule has 0 aliphatic heterocycles. The molecule has 0 saturated heterocycles. The van der Waals surface area contributed by atoms with Gasteiger partial charge in [-0.2, -0.15) is 0 Å². The van der Waals surface area contributed by atoms with Crippen LogP contribution in [0.5, 0.6) is 0 Å². The Kier molecular flexibility index (Phi) is 5.71. The molecule has 2 rings (SSSR count). The van der Waals surface area contributed by atoms with Crippen LogP contribution in [-0.2, 0) is 0 Å². The summed E-state index contributed by atoms with van der Waals surface area (Å²) in [7, 11) is 0. The average Bonchev–Trinajstić information content (AvgIpc) is 2.47. The molecule has 2 amide bonds. The molecular weight excluding hydrogens is 290 g/mol. The number of carbonyl (C=O) groups is 1. The van der Waals surface area contributed by atoms with Crippen molar-refractivity contribution in [1.29, 1.82) is 0 Å². The molecule has 6 heteroatoms. The summed E-state index contributed by atoms with van der Waals surface area (Å²) in [6.45, 7) is 1.95. The molecule has 0 radical (unpaired) electrons. The van der Waals surface area contributed by atoms with Crippen LogP contribution in [0.1, 0.15) is 44.3 Å². The molecule has 122 valence electrons. The van der Waals surface area contributed by atoms with E-state index in [4.69, 9.17) is 0 Å². The van der Waals surface area contributed by atoms with Gasteiger partial charge in [0.2, 0.25) is 0 Å². The Labute approximate surface area is 128 Å². The third-order valence-electron chi connectivity index (χ3n) is 4.14. The van der Waals surface area contributed by atoms with E-state index in [1.54, 1.807) is 0 Å². The summed E-state index contributed by atoms with van der Waals surface area (Å²) in [6, 6.07) is 3.08. The Morgan fingerprint density at radius 1 is 1.27 bits per heavy atom. The van der Waals surface area contributed by atoms with Crippen molar-refractivity contribution in [2.75, 3.05) is 6.54 Å². The second-order valence-electron chi connectivity index (χ2n) is 5.96. The molecule has 3 N–H and O–H groups in total. The molecule has 4 nitrogen and oxygen atoms in total. The van der Waals surface area contributed by atoms with Gasteiger partial charge in [0.05, 0.1) is 5.56 Å². The minimum absolute atomic E-state index is 0.124. The van der Waals surface area contributed by atoms with Crippen molar-refractivity contribution in [3.05, 3.63) is 35.4 Å². The molecule has 1 aliphatic carbocycles. The maximum absolute atomic E-state index is 13.5. The molecule has 1 atom stereocenters. The summed E-state index contributed by atoms with van der Waals surface area (Å²) in [6.07, 6.45) is 2.60. The number of hydrogen-bond acceptors (Lipinski definition) is 2. The average molecular weight is 312 g/mol. The largest absolute Gasteiger partial charge is 0.386 e. The highest BCUT2D eigenvalue weighted by Gasteiger charge is 2.21. The molecule has 0 spiro atoms. The lowest BCUT2D eigenvalue weighted by Gasteiger charge is -2.27. The van der Waals surface area contributed by atoms with Crippen LogP contribution in [0, 0.1) is 17.6 Å². The number of carbonyl (C=O) groups excluding carboxylic acids is 1. The van der Waals surface area contributed by atoms with E-state index in [9.17, 15) is 18.7 Å². The smallest absolute Gasteiger partial charge is 0.315 e. The van der Waals surface area contributed by atoms with E-state index in [0.29, 0.717) is 5.92 Å². The molecule has 22 heavy (non-hydrogen) atoms. The summed E-state index contributed by atoms with van der Waals surface area (Å²) < 4.78 is 27.0. The Morgan fingerprint density at radius 3 is 2.45 bits per heavy atom. The molecule has 0 bridgehead atoms. The molecule has 0 heterocycles. The lowest BCUT2D eigenvalue weighted by molar-refractivity contribution is 0.163. The van der Waals surface area contributed by atoms with Gasteiger partial charge in [-0.05, 0) is 43.7 Å². The molecule has 1 aliphatic rings. The predicted octanol–water partition coefficient (Wildman–Crippen LogP) is 2.88. The second-order valence-corrected chi connectivity index (χ2v) is 5.96. The van der Waals surface area contributed by atoms with Crippen molar-refractivity contribution in [3.63, 3.8) is 0 Å². The van der Waals surface area contributed by atoms with E-state index in [-0.39, 0.29) is 12.6 Å². The van der Waals surface area contributed by atoms with Crippen LogP contribution in [-0.4, -0.2) is 23.7 Å². The van der Waals surface area contributed by atoms with Gasteiger partial charge < -0.3 is 15.7 Å². The summed E-state index contributed by atoms with van der Waals surface area (Å²) in [5, 5.41) is 15.1. The lowest BCUT2D eigenvalue weighted by atomic mass is 9.87. The number of amides is 2. The summed E-state index contributed by atoms with van der Waals surface area (Å²) >= 11 is 0. The van der Waals surface area contributed by atoms with Crippen LogP contribution < -0.4 is 10.6 Å². The molecule has 1 unspecified atom stereocenters. The summed E-state index contributed by atoms with van der Waals surface area (Å²) in [5.74, 6) is -0.959. The van der Waals surface area contributed by atoms with Crippen LogP contribution in [0.15, 0.2) is 18.2 Å². The third-order valence-corrected chi connectivity index (χ3v) is 4.14. The fourth-order valence-corrected chi connectivity index (χ4v) is 2.76. The van der Waals surface area contributed by atoms with E-state index >= 15 is 0 Å². The highest BCUT2D eigenvalue weighted by atomic mass is 19.1. The number of halogens is 2. The number of aliphatic hydroxyl groups excluding tert-OH is 1. The fourth-order valence-electron chi connectivity index (χ4n) is 2.76. The van der Waals surface area contributed by atoms with E-state index in [2.05, 4.69) is 17.6 Å². The van der Waals surface area contributed by atoms with Gasteiger partial charge in [-0.25, -0.2) is 13.6 Å². The van der Waals surface area contributed by atoms with Crippen molar-refractivity contribution in [2.45, 2.75) is 44.8 Å². The predicted molar refractivity (Wildman–Crippen MR) is 79.3 cm³/mol. The van der Waals surface area contributed by atoms with Gasteiger partial charge in [-0.1, -0.05) is 13.0 Å². The van der Waals surface area contributed by atoms with Crippen molar-refractivity contribution >= 4 is 6.03 Å². The van der Waals surface area contributed by atoms with Gasteiger partial charge in [-0.15, -0.1) is 0 Å². The second kappa shape index (κ2) is 7.54. The SMILES string of the molecule is CC1CCC(NC(=O)NCC(O)c2c(F)cccc2F)CC1. The van der Waals surface area contributed by atoms with Gasteiger partial charge in [0.25, 0.3) is 0 Å². The van der Waals surface area contributed by atoms with Gasteiger partial charge in [0.1, 0.15) is 17.7 Å². The zero-order valence-electron chi connectivity index (χ0n) is 12.6. The van der Waals surface area contributed by atoms with Gasteiger partial charge in [0, 0.05) is 12.6 Å². The van der Waals surface area contributed by atoms with Crippen molar-refractivity contribution in [3.8, 4) is 0 Å². The highest BCUT2D eigenvalue weighted by molar-refractivity contribution is 5.74. The lowest BCUT2D eigenvalue weighted by Crippen LogP contribution is -2.44. The van der Waals surface area contributed by atoms with Crippen LogP contribution in [0.4, 0.5) is 13.6 Å². The zero-order chi connectivity index (χ0) is 16.1. The minimum Gasteiger partial charge on any atom is -0.386 e. The maximum atomic E-state index is 13.5. The van der Waals surface area contributed by atoms with E-state index in [1.807, 2.05) is 0 Å². The first-order valence-electron chi connectivity index (χ1n) is 7.63. The van der Waals surface area contributed by atoms with Gasteiger partial charge in [-0.3, -0.25) is 0 Å². The maximum Gasteiger partial charge on any atom is 0.315 e. The number of benzene rings is 1. The molecule has 1 saturated carbocycles. The molecule has 1 fully saturated rings. The quantitative estimate of drug-likeness (QED) is 0.800. The number of aliphatic hydroxyl groups is 1. The first-order valence-corrected chi connectivity index (χ1v) is 7.63. The summed E-state index contributed by atoms with van der Waals surface area (Å²) in [5.41, 5.74) is -0.422. The number of hydrogen-bond donors (Lipinski definition) is 3. The Morgan fingerprint density at radius 2 is 1.86 bits per heavy atom. The normalized spacial score (nSPS) is 22.9. The van der Waals surface area contributed by atoms with Crippen LogP contribution in [0.3, 0.4) is 0 Å². The van der Waals surface area contributed by atoms with E-state index < -0.39 is 29.3 Å². The molecule has 1 aromatic carbocycles. The van der Waals surface area contributed by atoms with Gasteiger partial charge >= 0.3 is 6.03 Å². The van der Waals surface area contributed by atoms with Crippen molar-refractivity contribution in [2.24, 2.45) is 5.92 Å². The third kappa shape index (κ3) is 4.40. The minimum atomic E-state index is -1.42. The Hall–Kier alpha value is -1.69. The molecule has 1 aromatic rings. The molecular formula is C16H22F2N2O2. The zero-order valence-corrected chi connectivity index (χ0v) is 12.6. The highest BCUT2D eigenvalue weighted by Crippen LogP contribution is 2.23. The Balaban J connectivity index is 1.81. The standard InChI is InChI=1S/C16H22F2N2O2/c1-10-5-7-11(8-6-10)20-16(22)19-9-14(21)15-12(17)3-2-4-13(15)18/h2-4,10-11,14,21H,5-9H2,1H3,(H2,19,20,22). The fraction of sp³-hybridized carbons (Fsp3) is 0.562. The Bertz CT molecular complexity index is 497. The topological polar surface area (TPSA) is 61.4 Å². The van der Waals surface area contributed by atoms with Crippen LogP contribution in [0.25, 0.3) is 0 Å². The van der Waals surface area contributed by atoms with Crippen LogP contribution in [0.2, 0.25) is 0 Å².